The Morgan fingerprint density at radius 1 is 1.02 bits per heavy atom. The van der Waals surface area contributed by atoms with Crippen LogP contribution in [-0.2, 0) is 30.7 Å². The van der Waals surface area contributed by atoms with Crippen molar-refractivity contribution >= 4 is 21.7 Å². The van der Waals surface area contributed by atoms with Crippen LogP contribution in [0, 0.1) is 6.92 Å². The molecule has 3 aromatic carbocycles. The third-order valence-corrected chi connectivity index (χ3v) is 7.91. The maximum absolute atomic E-state index is 13.4. The van der Waals surface area contributed by atoms with Gasteiger partial charge in [0.15, 0.2) is 5.76 Å². The third kappa shape index (κ3) is 8.85. The first kappa shape index (κ1) is 32.6. The van der Waals surface area contributed by atoms with Crippen LogP contribution < -0.4 is 5.32 Å². The maximum Gasteiger partial charge on any atom is 0.326 e. The summed E-state index contributed by atoms with van der Waals surface area (Å²) in [6.45, 7) is 4.70. The van der Waals surface area contributed by atoms with Gasteiger partial charge < -0.3 is 24.3 Å². The molecule has 2 atom stereocenters. The number of carboxylic acids is 1. The van der Waals surface area contributed by atoms with E-state index in [0.717, 1.165) is 28.5 Å². The van der Waals surface area contributed by atoms with Gasteiger partial charge in [-0.2, -0.15) is 0 Å². The van der Waals surface area contributed by atoms with E-state index in [9.17, 15) is 23.1 Å². The Kier molecular flexibility index (Phi) is 11.0. The molecule has 0 saturated carbocycles. The number of nitrogens with zero attached hydrogens (tertiary/aromatic N) is 1. The minimum Gasteiger partial charge on any atom is -0.480 e. The van der Waals surface area contributed by atoms with Crippen LogP contribution in [0.2, 0.25) is 0 Å². The van der Waals surface area contributed by atoms with Crippen LogP contribution in [0.15, 0.2) is 83.4 Å². The number of rotatable bonds is 15. The average Bonchev–Trinajstić information content (AvgIpc) is 3.49. The minimum absolute atomic E-state index is 0.159. The third-order valence-electron chi connectivity index (χ3n) is 6.93. The Balaban J connectivity index is 1.59. The summed E-state index contributed by atoms with van der Waals surface area (Å²) in [5.74, 6) is -1.32. The van der Waals surface area contributed by atoms with Gasteiger partial charge in [-0.15, -0.1) is 0 Å². The molecule has 0 spiro atoms. The molecule has 0 aliphatic heterocycles. The highest BCUT2D eigenvalue weighted by molar-refractivity contribution is 7.90. The first-order valence-corrected chi connectivity index (χ1v) is 16.2. The fourth-order valence-electron chi connectivity index (χ4n) is 4.59. The Hall–Kier alpha value is -4.32. The second-order valence-electron chi connectivity index (χ2n) is 10.4. The van der Waals surface area contributed by atoms with E-state index in [4.69, 9.17) is 13.9 Å². The highest BCUT2D eigenvalue weighted by Gasteiger charge is 2.25. The zero-order valence-electron chi connectivity index (χ0n) is 24.9. The summed E-state index contributed by atoms with van der Waals surface area (Å²) >= 11 is 0. The molecule has 11 heteroatoms. The molecule has 1 heterocycles. The number of aromatic nitrogens is 1. The first-order valence-electron chi connectivity index (χ1n) is 14.2. The van der Waals surface area contributed by atoms with E-state index in [2.05, 4.69) is 10.3 Å². The molecular formula is C33H36N2O8S. The summed E-state index contributed by atoms with van der Waals surface area (Å²) in [7, 11) is -3.42. The number of carbonyl (C=O) groups is 2. The number of carbonyl (C=O) groups excluding carboxylic acids is 1. The van der Waals surface area contributed by atoms with Crippen LogP contribution in [0.3, 0.4) is 0 Å². The van der Waals surface area contributed by atoms with Crippen LogP contribution in [0.25, 0.3) is 22.6 Å². The van der Waals surface area contributed by atoms with Crippen LogP contribution in [-0.4, -0.2) is 61.6 Å². The standard InChI is InChI=1S/C33H36N2O8S/c1-4-41-21-30(29-19-34-32(43-29)24-11-6-5-7-12-24)42-20-23-14-15-26(27(18-23)25-13-9-8-10-22(25)2)31(36)35-28(33(37)38)16-17-44(3,39)40/h5-15,18-19,28,30H,4,16-17,20-21H2,1-3H3,(H,35,36)(H,37,38)/t28-,30+/m0/s1. The Bertz CT molecular complexity index is 1680. The van der Waals surface area contributed by atoms with Crippen molar-refractivity contribution < 1.29 is 37.0 Å². The first-order chi connectivity index (χ1) is 21.1. The van der Waals surface area contributed by atoms with E-state index in [1.54, 1.807) is 18.3 Å². The molecule has 0 fully saturated rings. The summed E-state index contributed by atoms with van der Waals surface area (Å²) in [6, 6.07) is 20.9. The molecule has 1 aromatic heterocycles. The van der Waals surface area contributed by atoms with Crippen molar-refractivity contribution in [1.82, 2.24) is 10.3 Å². The lowest BCUT2D eigenvalue weighted by atomic mass is 9.93. The van der Waals surface area contributed by atoms with Crippen LogP contribution in [0.4, 0.5) is 0 Å². The normalized spacial score (nSPS) is 12.9. The number of sulfone groups is 1. The van der Waals surface area contributed by atoms with Crippen LogP contribution in [0.5, 0.6) is 0 Å². The lowest BCUT2D eigenvalue weighted by Gasteiger charge is -2.19. The number of hydrogen-bond donors (Lipinski definition) is 2. The smallest absolute Gasteiger partial charge is 0.326 e. The zero-order chi connectivity index (χ0) is 31.7. The number of ether oxygens (including phenoxy) is 2. The van der Waals surface area contributed by atoms with Gasteiger partial charge in [-0.25, -0.2) is 18.2 Å². The highest BCUT2D eigenvalue weighted by atomic mass is 32.2. The zero-order valence-corrected chi connectivity index (χ0v) is 25.7. The van der Waals surface area contributed by atoms with E-state index in [1.165, 1.54) is 0 Å². The van der Waals surface area contributed by atoms with Crippen LogP contribution >= 0.6 is 0 Å². The molecule has 0 bridgehead atoms. The number of amides is 1. The van der Waals surface area contributed by atoms with Gasteiger partial charge >= 0.3 is 5.97 Å². The van der Waals surface area contributed by atoms with Crippen molar-refractivity contribution in [2.75, 3.05) is 25.2 Å². The minimum atomic E-state index is -3.42. The maximum atomic E-state index is 13.4. The second-order valence-corrected chi connectivity index (χ2v) is 12.6. The monoisotopic (exact) mass is 620 g/mol. The van der Waals surface area contributed by atoms with E-state index in [-0.39, 0.29) is 31.0 Å². The number of carboxylic acid groups (broad SMARTS) is 1. The molecule has 0 aliphatic carbocycles. The summed E-state index contributed by atoms with van der Waals surface area (Å²) in [5.41, 5.74) is 4.14. The van der Waals surface area contributed by atoms with Crippen molar-refractivity contribution in [3.05, 3.63) is 101 Å². The number of nitrogens with one attached hydrogen (secondary N) is 1. The molecule has 232 valence electrons. The Labute approximate surface area is 257 Å². The molecule has 44 heavy (non-hydrogen) atoms. The summed E-state index contributed by atoms with van der Waals surface area (Å²) in [4.78, 5) is 29.6. The molecule has 0 aliphatic rings. The number of oxazole rings is 1. The van der Waals surface area contributed by atoms with Gasteiger partial charge in [0, 0.05) is 24.0 Å². The van der Waals surface area contributed by atoms with E-state index < -0.39 is 33.9 Å². The quantitative estimate of drug-likeness (QED) is 0.182. The van der Waals surface area contributed by atoms with Crippen molar-refractivity contribution in [2.45, 2.75) is 39.0 Å². The van der Waals surface area contributed by atoms with Crippen molar-refractivity contribution in [2.24, 2.45) is 0 Å². The van der Waals surface area contributed by atoms with E-state index in [1.807, 2.05) is 74.5 Å². The fraction of sp³-hybridized carbons (Fsp3) is 0.303. The number of hydrogen-bond acceptors (Lipinski definition) is 8. The summed E-state index contributed by atoms with van der Waals surface area (Å²) < 4.78 is 41.2. The second kappa shape index (κ2) is 14.9. The molecule has 0 unspecified atom stereocenters. The Morgan fingerprint density at radius 3 is 2.43 bits per heavy atom. The van der Waals surface area contributed by atoms with Gasteiger partial charge in [-0.3, -0.25) is 4.79 Å². The van der Waals surface area contributed by atoms with Gasteiger partial charge in [-0.05, 0) is 66.8 Å². The average molecular weight is 621 g/mol. The predicted octanol–water partition coefficient (Wildman–Crippen LogP) is 5.23. The predicted molar refractivity (Wildman–Crippen MR) is 166 cm³/mol. The van der Waals surface area contributed by atoms with E-state index in [0.29, 0.717) is 23.8 Å². The molecule has 1 amide bonds. The molecule has 0 radical (unpaired) electrons. The van der Waals surface area contributed by atoms with Gasteiger partial charge in [0.2, 0.25) is 5.89 Å². The lowest BCUT2D eigenvalue weighted by molar-refractivity contribution is -0.139. The molecular weight excluding hydrogens is 584 g/mol. The number of benzene rings is 3. The fourth-order valence-corrected chi connectivity index (χ4v) is 5.25. The summed E-state index contributed by atoms with van der Waals surface area (Å²) in [5, 5.41) is 12.1. The molecule has 10 nitrogen and oxygen atoms in total. The van der Waals surface area contributed by atoms with Gasteiger partial charge in [-0.1, -0.05) is 48.5 Å². The molecule has 2 N–H and O–H groups in total. The van der Waals surface area contributed by atoms with E-state index >= 15 is 0 Å². The van der Waals surface area contributed by atoms with Gasteiger partial charge in [0.25, 0.3) is 5.91 Å². The Morgan fingerprint density at radius 2 is 1.75 bits per heavy atom. The number of aliphatic carboxylic acids is 1. The molecule has 4 rings (SSSR count). The number of aryl methyl sites for hydroxylation is 1. The van der Waals surface area contributed by atoms with Gasteiger partial charge in [0.1, 0.15) is 22.0 Å². The molecule has 0 saturated heterocycles. The largest absolute Gasteiger partial charge is 0.480 e. The SMILES string of the molecule is CCOC[C@@H](OCc1ccc(C(=O)N[C@@H](CCS(C)(=O)=O)C(=O)O)c(-c2ccccc2C)c1)c1cnc(-c2ccccc2)o1. The van der Waals surface area contributed by atoms with Crippen LogP contribution in [0.1, 0.15) is 46.7 Å². The highest BCUT2D eigenvalue weighted by Crippen LogP contribution is 2.30. The summed E-state index contributed by atoms with van der Waals surface area (Å²) in [6.07, 6.45) is 1.85. The molecule has 4 aromatic rings. The van der Waals surface area contributed by atoms with Crippen molar-refractivity contribution in [1.29, 1.82) is 0 Å². The van der Waals surface area contributed by atoms with Crippen molar-refractivity contribution in [3.63, 3.8) is 0 Å². The van der Waals surface area contributed by atoms with Gasteiger partial charge in [0.05, 0.1) is 25.2 Å². The topological polar surface area (TPSA) is 145 Å². The van der Waals surface area contributed by atoms with Crippen molar-refractivity contribution in [3.8, 4) is 22.6 Å². The lowest BCUT2D eigenvalue weighted by Crippen LogP contribution is -2.42.